The maximum Gasteiger partial charge on any atom is 0.254 e. The highest BCUT2D eigenvalue weighted by Crippen LogP contribution is 2.28. The topological polar surface area (TPSA) is 55.2 Å². The van der Waals surface area contributed by atoms with Crippen LogP contribution in [0.5, 0.6) is 0 Å². The Morgan fingerprint density at radius 1 is 1.31 bits per heavy atom. The lowest BCUT2D eigenvalue weighted by molar-refractivity contribution is -0.134. The number of carbonyl (C=O) groups excluding carboxylic acids is 1. The van der Waals surface area contributed by atoms with Crippen LogP contribution in [0.1, 0.15) is 32.0 Å². The van der Waals surface area contributed by atoms with E-state index >= 15 is 0 Å². The van der Waals surface area contributed by atoms with Crippen molar-refractivity contribution in [3.63, 3.8) is 0 Å². The highest BCUT2D eigenvalue weighted by molar-refractivity contribution is 7.99. The molecule has 5 nitrogen and oxygen atoms in total. The highest BCUT2D eigenvalue weighted by atomic mass is 32.2. The number of nitrogens with zero attached hydrogens (tertiary/aromatic N) is 3. The summed E-state index contributed by atoms with van der Waals surface area (Å²) in [6, 6.07) is 11.5. The molecular weight excluding hydrogens is 346 g/mol. The second-order valence-corrected chi connectivity index (χ2v) is 8.80. The monoisotopic (exact) mass is 371 g/mol. The molecule has 0 fully saturated rings. The Morgan fingerprint density at radius 2 is 2.00 bits per heavy atom. The van der Waals surface area contributed by atoms with Gasteiger partial charge in [-0.15, -0.1) is 0 Å². The minimum atomic E-state index is -0.207. The second kappa shape index (κ2) is 7.27. The third-order valence-electron chi connectivity index (χ3n) is 4.55. The average molecular weight is 372 g/mol. The first-order valence-corrected chi connectivity index (χ1v) is 9.78. The van der Waals surface area contributed by atoms with E-state index in [1.807, 2.05) is 58.2 Å². The first-order chi connectivity index (χ1) is 12.3. The summed E-state index contributed by atoms with van der Waals surface area (Å²) in [5.74, 6) is 0.512. The summed E-state index contributed by atoms with van der Waals surface area (Å²) in [5, 5.41) is 0.720. The molecule has 2 aromatic rings. The number of amides is 1. The third kappa shape index (κ3) is 4.01. The van der Waals surface area contributed by atoms with Crippen LogP contribution < -0.4 is 5.56 Å². The van der Waals surface area contributed by atoms with Crippen molar-refractivity contribution in [2.24, 2.45) is 5.92 Å². The van der Waals surface area contributed by atoms with Gasteiger partial charge in [0.05, 0.1) is 11.6 Å². The van der Waals surface area contributed by atoms with Gasteiger partial charge in [-0.05, 0) is 5.56 Å². The van der Waals surface area contributed by atoms with Crippen LogP contribution in [-0.2, 0) is 23.3 Å². The van der Waals surface area contributed by atoms with E-state index in [1.54, 1.807) is 15.5 Å². The minimum Gasteiger partial charge on any atom is -0.341 e. The first kappa shape index (κ1) is 18.7. The number of fused-ring (bicyclic) bond motifs is 1. The molecular formula is C20H25N3O2S. The van der Waals surface area contributed by atoms with E-state index in [0.29, 0.717) is 18.8 Å². The van der Waals surface area contributed by atoms with Crippen LogP contribution >= 0.6 is 11.8 Å². The number of benzene rings is 1. The summed E-state index contributed by atoms with van der Waals surface area (Å²) in [6.07, 6.45) is 0. The molecule has 0 spiro atoms. The van der Waals surface area contributed by atoms with E-state index in [9.17, 15) is 9.59 Å². The fraction of sp³-hybridized carbons (Fsp3) is 0.450. The molecule has 0 bridgehead atoms. The maximum atomic E-state index is 12.8. The molecule has 3 rings (SSSR count). The summed E-state index contributed by atoms with van der Waals surface area (Å²) in [6.45, 7) is 7.11. The molecule has 26 heavy (non-hydrogen) atoms. The number of rotatable bonds is 3. The van der Waals surface area contributed by atoms with Gasteiger partial charge in [0.2, 0.25) is 5.91 Å². The third-order valence-corrected chi connectivity index (χ3v) is 5.69. The molecule has 0 saturated carbocycles. The average Bonchev–Trinajstić information content (AvgIpc) is 2.61. The molecule has 1 aromatic carbocycles. The van der Waals surface area contributed by atoms with Gasteiger partial charge in [-0.3, -0.25) is 14.2 Å². The van der Waals surface area contributed by atoms with Crippen molar-refractivity contribution in [1.29, 1.82) is 0 Å². The maximum absolute atomic E-state index is 12.8. The largest absolute Gasteiger partial charge is 0.341 e. The van der Waals surface area contributed by atoms with E-state index < -0.39 is 0 Å². The van der Waals surface area contributed by atoms with Crippen molar-refractivity contribution >= 4 is 17.7 Å². The highest BCUT2D eigenvalue weighted by Gasteiger charge is 2.30. The minimum absolute atomic E-state index is 0.0683. The number of hydrogen-bond donors (Lipinski definition) is 0. The summed E-state index contributed by atoms with van der Waals surface area (Å²) in [7, 11) is 1.82. The molecule has 138 valence electrons. The van der Waals surface area contributed by atoms with E-state index in [2.05, 4.69) is 4.98 Å². The van der Waals surface area contributed by atoms with Gasteiger partial charge in [0.15, 0.2) is 5.16 Å². The molecule has 0 radical (unpaired) electrons. The van der Waals surface area contributed by atoms with Crippen LogP contribution in [0.3, 0.4) is 0 Å². The quantitative estimate of drug-likeness (QED) is 0.779. The van der Waals surface area contributed by atoms with Gasteiger partial charge >= 0.3 is 0 Å². The lowest BCUT2D eigenvalue weighted by Gasteiger charge is -2.29. The lowest BCUT2D eigenvalue weighted by Crippen LogP contribution is -2.41. The van der Waals surface area contributed by atoms with Crippen LogP contribution in [0.4, 0.5) is 0 Å². The molecule has 1 unspecified atom stereocenters. The molecule has 2 heterocycles. The van der Waals surface area contributed by atoms with E-state index in [1.165, 1.54) is 11.8 Å². The Hall–Kier alpha value is -2.08. The van der Waals surface area contributed by atoms with Crippen molar-refractivity contribution in [1.82, 2.24) is 14.5 Å². The van der Waals surface area contributed by atoms with Gasteiger partial charge in [-0.1, -0.05) is 62.9 Å². The lowest BCUT2D eigenvalue weighted by atomic mass is 9.92. The summed E-state index contributed by atoms with van der Waals surface area (Å²) >= 11 is 1.50. The molecule has 1 aliphatic rings. The van der Waals surface area contributed by atoms with Crippen molar-refractivity contribution in [3.05, 3.63) is 58.0 Å². The van der Waals surface area contributed by atoms with Crippen molar-refractivity contribution in [3.8, 4) is 0 Å². The van der Waals surface area contributed by atoms with E-state index in [0.717, 1.165) is 16.4 Å². The van der Waals surface area contributed by atoms with Crippen molar-refractivity contribution in [2.45, 2.75) is 44.4 Å². The standard InChI is InChI=1S/C20H25N3O2S/c1-20(2,3)16-10-17(24)23-12-15(13-26-19(23)21-16)18(25)22(4)11-14-8-6-5-7-9-14/h5-10,15H,11-13H2,1-4H3. The van der Waals surface area contributed by atoms with Crippen LogP contribution in [0, 0.1) is 5.92 Å². The number of carbonyl (C=O) groups is 1. The molecule has 1 aromatic heterocycles. The SMILES string of the molecule is CN(Cc1ccccc1)C(=O)C1CSc2nc(C(C)(C)C)cc(=O)n2C1. The zero-order chi connectivity index (χ0) is 18.9. The summed E-state index contributed by atoms with van der Waals surface area (Å²) < 4.78 is 1.64. The fourth-order valence-corrected chi connectivity index (χ4v) is 4.07. The van der Waals surface area contributed by atoms with Gasteiger partial charge in [0.25, 0.3) is 5.56 Å². The Bertz CT molecular complexity index is 856. The molecule has 1 aliphatic heterocycles. The Labute approximate surface area is 158 Å². The molecule has 6 heteroatoms. The van der Waals surface area contributed by atoms with Crippen LogP contribution in [0.25, 0.3) is 0 Å². The van der Waals surface area contributed by atoms with Gasteiger partial charge in [0.1, 0.15) is 0 Å². The van der Waals surface area contributed by atoms with Gasteiger partial charge in [-0.25, -0.2) is 4.98 Å². The van der Waals surface area contributed by atoms with E-state index in [-0.39, 0.29) is 22.8 Å². The van der Waals surface area contributed by atoms with Crippen LogP contribution in [0.2, 0.25) is 0 Å². The van der Waals surface area contributed by atoms with E-state index in [4.69, 9.17) is 0 Å². The van der Waals surface area contributed by atoms with Gasteiger partial charge in [0, 0.05) is 37.4 Å². The summed E-state index contributed by atoms with van der Waals surface area (Å²) in [4.78, 5) is 31.8. The zero-order valence-electron chi connectivity index (χ0n) is 15.7. The van der Waals surface area contributed by atoms with Crippen LogP contribution in [-0.4, -0.2) is 33.2 Å². The predicted molar refractivity (Wildman–Crippen MR) is 104 cm³/mol. The molecule has 1 amide bonds. The zero-order valence-corrected chi connectivity index (χ0v) is 16.5. The molecule has 0 saturated heterocycles. The summed E-state index contributed by atoms with van der Waals surface area (Å²) in [5.41, 5.74) is 1.65. The smallest absolute Gasteiger partial charge is 0.254 e. The fourth-order valence-electron chi connectivity index (χ4n) is 2.99. The van der Waals surface area contributed by atoms with Crippen molar-refractivity contribution in [2.75, 3.05) is 12.8 Å². The van der Waals surface area contributed by atoms with Gasteiger partial charge in [-0.2, -0.15) is 0 Å². The Kier molecular flexibility index (Phi) is 5.23. The number of hydrogen-bond acceptors (Lipinski definition) is 4. The molecule has 1 atom stereocenters. The predicted octanol–water partition coefficient (Wildman–Crippen LogP) is 2.92. The molecule has 0 aliphatic carbocycles. The second-order valence-electron chi connectivity index (χ2n) is 7.81. The normalized spacial score (nSPS) is 16.8. The number of aromatic nitrogens is 2. The van der Waals surface area contributed by atoms with Crippen LogP contribution in [0.15, 0.2) is 46.3 Å². The Balaban J connectivity index is 1.76. The molecule has 0 N–H and O–H groups in total. The number of thioether (sulfide) groups is 1. The first-order valence-electron chi connectivity index (χ1n) is 8.80. The van der Waals surface area contributed by atoms with Crippen molar-refractivity contribution < 1.29 is 4.79 Å². The van der Waals surface area contributed by atoms with Gasteiger partial charge < -0.3 is 4.90 Å². The Morgan fingerprint density at radius 3 is 2.65 bits per heavy atom.